The van der Waals surface area contributed by atoms with E-state index in [4.69, 9.17) is 10.5 Å². The lowest BCUT2D eigenvalue weighted by Gasteiger charge is -2.08. The first-order chi connectivity index (χ1) is 9.58. The topological polar surface area (TPSA) is 88.0 Å². The molecule has 1 unspecified atom stereocenters. The third-order valence-corrected chi connectivity index (χ3v) is 3.04. The van der Waals surface area contributed by atoms with Gasteiger partial charge < -0.3 is 10.5 Å². The standard InChI is InChI=1S/C13H19N5O2/c1-3-10(2)18-7-4-11(15-18)9-20-13(19)8-17-6-5-12(14)16-17/h4-7,10H,3,8-9H2,1-2H3,(H2,14,16). The Balaban J connectivity index is 1.82. The second kappa shape index (κ2) is 6.23. The van der Waals surface area contributed by atoms with Crippen LogP contribution in [0.4, 0.5) is 5.82 Å². The van der Waals surface area contributed by atoms with Gasteiger partial charge in [0.15, 0.2) is 0 Å². The van der Waals surface area contributed by atoms with Gasteiger partial charge in [-0.25, -0.2) is 0 Å². The summed E-state index contributed by atoms with van der Waals surface area (Å²) in [5.74, 6) is 0.0105. The van der Waals surface area contributed by atoms with Crippen LogP contribution in [0.3, 0.4) is 0 Å². The van der Waals surface area contributed by atoms with Crippen LogP contribution in [0.5, 0.6) is 0 Å². The smallest absolute Gasteiger partial charge is 0.328 e. The van der Waals surface area contributed by atoms with E-state index in [-0.39, 0.29) is 19.1 Å². The predicted molar refractivity (Wildman–Crippen MR) is 73.7 cm³/mol. The Kier molecular flexibility index (Phi) is 4.39. The average molecular weight is 277 g/mol. The van der Waals surface area contributed by atoms with Crippen molar-refractivity contribution in [1.29, 1.82) is 0 Å². The van der Waals surface area contributed by atoms with Gasteiger partial charge in [-0.05, 0) is 25.5 Å². The van der Waals surface area contributed by atoms with Gasteiger partial charge >= 0.3 is 5.97 Å². The lowest BCUT2D eigenvalue weighted by Crippen LogP contribution is -2.14. The van der Waals surface area contributed by atoms with Gasteiger partial charge in [-0.15, -0.1) is 0 Å². The highest BCUT2D eigenvalue weighted by molar-refractivity contribution is 5.69. The number of aromatic nitrogens is 4. The monoisotopic (exact) mass is 277 g/mol. The zero-order valence-corrected chi connectivity index (χ0v) is 11.7. The Morgan fingerprint density at radius 1 is 1.40 bits per heavy atom. The summed E-state index contributed by atoms with van der Waals surface area (Å²) in [5, 5.41) is 8.28. The summed E-state index contributed by atoms with van der Waals surface area (Å²) >= 11 is 0. The van der Waals surface area contributed by atoms with Crippen molar-refractivity contribution in [3.05, 3.63) is 30.2 Å². The minimum absolute atomic E-state index is 0.0449. The van der Waals surface area contributed by atoms with Gasteiger partial charge in [-0.2, -0.15) is 10.2 Å². The van der Waals surface area contributed by atoms with Crippen LogP contribution in [0.15, 0.2) is 24.5 Å². The van der Waals surface area contributed by atoms with Gasteiger partial charge in [-0.1, -0.05) is 6.92 Å². The number of rotatable bonds is 6. The van der Waals surface area contributed by atoms with Crippen molar-refractivity contribution >= 4 is 11.8 Å². The first-order valence-electron chi connectivity index (χ1n) is 6.57. The summed E-state index contributed by atoms with van der Waals surface area (Å²) in [6.45, 7) is 4.40. The van der Waals surface area contributed by atoms with E-state index in [0.29, 0.717) is 11.9 Å². The maximum atomic E-state index is 11.6. The van der Waals surface area contributed by atoms with Gasteiger partial charge in [-0.3, -0.25) is 14.2 Å². The molecular formula is C13H19N5O2. The zero-order valence-electron chi connectivity index (χ0n) is 11.7. The molecule has 0 saturated heterocycles. The molecule has 0 aromatic carbocycles. The second-order valence-corrected chi connectivity index (χ2v) is 4.64. The van der Waals surface area contributed by atoms with Crippen LogP contribution in [0.2, 0.25) is 0 Å². The van der Waals surface area contributed by atoms with E-state index >= 15 is 0 Å². The summed E-state index contributed by atoms with van der Waals surface area (Å²) in [7, 11) is 0. The Hall–Kier alpha value is -2.31. The van der Waals surface area contributed by atoms with Crippen molar-refractivity contribution in [1.82, 2.24) is 19.6 Å². The van der Waals surface area contributed by atoms with Crippen molar-refractivity contribution in [3.8, 4) is 0 Å². The number of esters is 1. The van der Waals surface area contributed by atoms with E-state index in [1.165, 1.54) is 4.68 Å². The number of nitrogens with zero attached hydrogens (tertiary/aromatic N) is 4. The molecule has 20 heavy (non-hydrogen) atoms. The van der Waals surface area contributed by atoms with Gasteiger partial charge in [0.05, 0.1) is 5.69 Å². The number of hydrogen-bond donors (Lipinski definition) is 1. The molecule has 2 aromatic heterocycles. The fraction of sp³-hybridized carbons (Fsp3) is 0.462. The van der Waals surface area contributed by atoms with E-state index in [0.717, 1.165) is 12.1 Å². The SMILES string of the molecule is CCC(C)n1ccc(COC(=O)Cn2ccc(N)n2)n1. The Bertz CT molecular complexity index is 575. The first-order valence-corrected chi connectivity index (χ1v) is 6.57. The van der Waals surface area contributed by atoms with Crippen LogP contribution in [0.25, 0.3) is 0 Å². The van der Waals surface area contributed by atoms with E-state index in [1.54, 1.807) is 12.3 Å². The Morgan fingerprint density at radius 2 is 2.20 bits per heavy atom. The lowest BCUT2D eigenvalue weighted by molar-refractivity contribution is -0.146. The van der Waals surface area contributed by atoms with Crippen molar-refractivity contribution in [2.75, 3.05) is 5.73 Å². The average Bonchev–Trinajstić information content (AvgIpc) is 3.05. The molecule has 2 N–H and O–H groups in total. The summed E-state index contributed by atoms with van der Waals surface area (Å²) in [4.78, 5) is 11.6. The predicted octanol–water partition coefficient (Wildman–Crippen LogP) is 1.38. The quantitative estimate of drug-likeness (QED) is 0.806. The second-order valence-electron chi connectivity index (χ2n) is 4.64. The molecule has 0 aliphatic heterocycles. The molecule has 1 atom stereocenters. The van der Waals surface area contributed by atoms with Gasteiger partial charge in [0.2, 0.25) is 0 Å². The molecule has 0 aliphatic carbocycles. The number of anilines is 1. The fourth-order valence-corrected chi connectivity index (χ4v) is 1.68. The van der Waals surface area contributed by atoms with Crippen LogP contribution in [0.1, 0.15) is 32.0 Å². The summed E-state index contributed by atoms with van der Waals surface area (Å²) < 4.78 is 8.46. The van der Waals surface area contributed by atoms with Gasteiger partial charge in [0.1, 0.15) is 19.0 Å². The first kappa shape index (κ1) is 14.1. The van der Waals surface area contributed by atoms with E-state index in [1.807, 2.05) is 16.9 Å². The van der Waals surface area contributed by atoms with Crippen molar-refractivity contribution < 1.29 is 9.53 Å². The number of nitrogens with two attached hydrogens (primary N) is 1. The van der Waals surface area contributed by atoms with E-state index in [2.05, 4.69) is 24.0 Å². The van der Waals surface area contributed by atoms with Crippen molar-refractivity contribution in [3.63, 3.8) is 0 Å². The minimum Gasteiger partial charge on any atom is -0.458 e. The largest absolute Gasteiger partial charge is 0.458 e. The number of ether oxygens (including phenoxy) is 1. The molecular weight excluding hydrogens is 258 g/mol. The highest BCUT2D eigenvalue weighted by atomic mass is 16.5. The van der Waals surface area contributed by atoms with Crippen molar-refractivity contribution in [2.24, 2.45) is 0 Å². The zero-order chi connectivity index (χ0) is 14.5. The van der Waals surface area contributed by atoms with Crippen LogP contribution in [-0.2, 0) is 22.7 Å². The summed E-state index contributed by atoms with van der Waals surface area (Å²) in [5.41, 5.74) is 6.20. The van der Waals surface area contributed by atoms with Crippen LogP contribution in [-0.4, -0.2) is 25.5 Å². The number of nitrogen functional groups attached to an aromatic ring is 1. The van der Waals surface area contributed by atoms with Gasteiger partial charge in [0, 0.05) is 18.4 Å². The molecule has 2 aromatic rings. The highest BCUT2D eigenvalue weighted by Crippen LogP contribution is 2.09. The molecule has 7 nitrogen and oxygen atoms in total. The fourth-order valence-electron chi connectivity index (χ4n) is 1.68. The third kappa shape index (κ3) is 3.59. The molecule has 0 radical (unpaired) electrons. The maximum absolute atomic E-state index is 11.6. The number of carbonyl (C=O) groups is 1. The molecule has 0 aliphatic rings. The summed E-state index contributed by atoms with van der Waals surface area (Å²) in [6, 6.07) is 3.82. The molecule has 108 valence electrons. The molecule has 0 fully saturated rings. The maximum Gasteiger partial charge on any atom is 0.328 e. The Morgan fingerprint density at radius 3 is 2.85 bits per heavy atom. The number of hydrogen-bond acceptors (Lipinski definition) is 5. The molecule has 2 heterocycles. The number of carbonyl (C=O) groups excluding carboxylic acids is 1. The lowest BCUT2D eigenvalue weighted by atomic mass is 10.3. The molecule has 7 heteroatoms. The van der Waals surface area contributed by atoms with Crippen LogP contribution < -0.4 is 5.73 Å². The van der Waals surface area contributed by atoms with Crippen molar-refractivity contribution in [2.45, 2.75) is 39.5 Å². The Labute approximate surface area is 117 Å². The van der Waals surface area contributed by atoms with E-state index < -0.39 is 0 Å². The molecule has 0 amide bonds. The van der Waals surface area contributed by atoms with Gasteiger partial charge in [0.25, 0.3) is 0 Å². The van der Waals surface area contributed by atoms with Crippen LogP contribution in [0, 0.1) is 0 Å². The molecule has 0 bridgehead atoms. The highest BCUT2D eigenvalue weighted by Gasteiger charge is 2.09. The minimum atomic E-state index is -0.369. The molecule has 2 rings (SSSR count). The third-order valence-electron chi connectivity index (χ3n) is 3.04. The van der Waals surface area contributed by atoms with E-state index in [9.17, 15) is 4.79 Å². The molecule has 0 spiro atoms. The van der Waals surface area contributed by atoms with Crippen LogP contribution >= 0.6 is 0 Å². The molecule has 0 saturated carbocycles. The normalized spacial score (nSPS) is 12.3. The summed E-state index contributed by atoms with van der Waals surface area (Å²) in [6.07, 6.45) is 4.53.